The summed E-state index contributed by atoms with van der Waals surface area (Å²) in [5.74, 6) is 0.209. The van der Waals surface area contributed by atoms with Crippen molar-refractivity contribution in [3.05, 3.63) is 52.9 Å². The van der Waals surface area contributed by atoms with Crippen molar-refractivity contribution in [1.82, 2.24) is 15.8 Å². The van der Waals surface area contributed by atoms with Gasteiger partial charge in [-0.15, -0.1) is 0 Å². The maximum Gasteiger partial charge on any atom is 0.273 e. The van der Waals surface area contributed by atoms with Crippen molar-refractivity contribution in [2.75, 3.05) is 0 Å². The van der Waals surface area contributed by atoms with E-state index in [1.165, 1.54) is 0 Å². The van der Waals surface area contributed by atoms with Crippen LogP contribution in [0, 0.1) is 6.92 Å². The Hall–Kier alpha value is -2.63. The third kappa shape index (κ3) is 4.67. The van der Waals surface area contributed by atoms with Gasteiger partial charge in [-0.1, -0.05) is 24.2 Å². The molecule has 0 saturated carbocycles. The summed E-state index contributed by atoms with van der Waals surface area (Å²) in [4.78, 5) is 23.8. The van der Waals surface area contributed by atoms with E-state index in [0.717, 1.165) is 12.0 Å². The van der Waals surface area contributed by atoms with E-state index in [2.05, 4.69) is 15.8 Å². The van der Waals surface area contributed by atoms with Crippen LogP contribution in [0.15, 0.2) is 34.9 Å². The van der Waals surface area contributed by atoms with Gasteiger partial charge in [0.15, 0.2) is 5.69 Å². The summed E-state index contributed by atoms with van der Waals surface area (Å²) in [6, 6.07) is 8.86. The molecule has 0 aliphatic rings. The van der Waals surface area contributed by atoms with E-state index in [-0.39, 0.29) is 23.6 Å². The lowest BCUT2D eigenvalue weighted by molar-refractivity contribution is 0.0931. The molecule has 0 saturated heterocycles. The Labute approximate surface area is 135 Å². The van der Waals surface area contributed by atoms with Crippen LogP contribution in [0.1, 0.15) is 52.4 Å². The quantitative estimate of drug-likeness (QED) is 0.857. The summed E-state index contributed by atoms with van der Waals surface area (Å²) < 4.78 is 4.87. The minimum Gasteiger partial charge on any atom is -0.361 e. The molecule has 1 aromatic heterocycles. The van der Waals surface area contributed by atoms with Gasteiger partial charge in [0.1, 0.15) is 5.76 Å². The van der Waals surface area contributed by atoms with E-state index in [1.807, 2.05) is 26.0 Å². The Bertz CT molecular complexity index is 677. The van der Waals surface area contributed by atoms with Crippen LogP contribution in [-0.2, 0) is 6.54 Å². The van der Waals surface area contributed by atoms with E-state index < -0.39 is 0 Å². The van der Waals surface area contributed by atoms with Crippen molar-refractivity contribution in [2.24, 2.45) is 0 Å². The highest BCUT2D eigenvalue weighted by Gasteiger charge is 2.11. The lowest BCUT2D eigenvalue weighted by Gasteiger charge is -2.11. The maximum atomic E-state index is 12.0. The van der Waals surface area contributed by atoms with Gasteiger partial charge in [-0.25, -0.2) is 0 Å². The molecule has 6 nitrogen and oxygen atoms in total. The van der Waals surface area contributed by atoms with Crippen molar-refractivity contribution in [1.29, 1.82) is 0 Å². The summed E-state index contributed by atoms with van der Waals surface area (Å²) in [5, 5.41) is 9.33. The van der Waals surface area contributed by atoms with Crippen molar-refractivity contribution in [2.45, 2.75) is 39.8 Å². The SMILES string of the molecule is CC[C@H](C)NC(=O)c1ccc(CNC(=O)c2cc(C)on2)cc1. The van der Waals surface area contributed by atoms with Gasteiger partial charge in [-0.3, -0.25) is 9.59 Å². The van der Waals surface area contributed by atoms with Gasteiger partial charge in [0.25, 0.3) is 11.8 Å². The molecule has 6 heteroatoms. The summed E-state index contributed by atoms with van der Waals surface area (Å²) >= 11 is 0. The first kappa shape index (κ1) is 16.7. The zero-order valence-corrected chi connectivity index (χ0v) is 13.6. The molecule has 2 N–H and O–H groups in total. The molecule has 2 amide bonds. The highest BCUT2D eigenvalue weighted by atomic mass is 16.5. The first-order valence-corrected chi connectivity index (χ1v) is 7.61. The summed E-state index contributed by atoms with van der Waals surface area (Å²) in [5.41, 5.74) is 1.76. The summed E-state index contributed by atoms with van der Waals surface area (Å²) in [6.45, 7) is 6.07. The van der Waals surface area contributed by atoms with Gasteiger partial charge < -0.3 is 15.2 Å². The molecular formula is C17H21N3O3. The van der Waals surface area contributed by atoms with Crippen molar-refractivity contribution < 1.29 is 14.1 Å². The first-order valence-electron chi connectivity index (χ1n) is 7.61. The lowest BCUT2D eigenvalue weighted by Crippen LogP contribution is -2.31. The number of hydrogen-bond acceptors (Lipinski definition) is 4. The Balaban J connectivity index is 1.90. The molecule has 0 aliphatic carbocycles. The average Bonchev–Trinajstić information content (AvgIpc) is 2.99. The lowest BCUT2D eigenvalue weighted by atomic mass is 10.1. The number of aryl methyl sites for hydroxylation is 1. The van der Waals surface area contributed by atoms with Gasteiger partial charge in [-0.2, -0.15) is 0 Å². The highest BCUT2D eigenvalue weighted by Crippen LogP contribution is 2.06. The molecular weight excluding hydrogens is 294 g/mol. The Morgan fingerprint density at radius 3 is 2.48 bits per heavy atom. The van der Waals surface area contributed by atoms with E-state index in [9.17, 15) is 9.59 Å². The predicted octanol–water partition coefficient (Wildman–Crippen LogP) is 2.44. The fourth-order valence-electron chi connectivity index (χ4n) is 1.93. The topological polar surface area (TPSA) is 84.2 Å². The van der Waals surface area contributed by atoms with Crippen molar-refractivity contribution in [3.8, 4) is 0 Å². The van der Waals surface area contributed by atoms with Gasteiger partial charge in [0.05, 0.1) is 0 Å². The molecule has 2 rings (SSSR count). The van der Waals surface area contributed by atoms with Crippen LogP contribution in [0.5, 0.6) is 0 Å². The smallest absolute Gasteiger partial charge is 0.273 e. The molecule has 122 valence electrons. The second kappa shape index (κ2) is 7.58. The number of hydrogen-bond donors (Lipinski definition) is 2. The largest absolute Gasteiger partial charge is 0.361 e. The highest BCUT2D eigenvalue weighted by molar-refractivity contribution is 5.94. The zero-order valence-electron chi connectivity index (χ0n) is 13.6. The third-order valence-corrected chi connectivity index (χ3v) is 3.52. The van der Waals surface area contributed by atoms with Gasteiger partial charge in [0, 0.05) is 24.2 Å². The fraction of sp³-hybridized carbons (Fsp3) is 0.353. The van der Waals surface area contributed by atoms with Crippen LogP contribution in [0.4, 0.5) is 0 Å². The molecule has 1 heterocycles. The van der Waals surface area contributed by atoms with Gasteiger partial charge in [0.2, 0.25) is 0 Å². The zero-order chi connectivity index (χ0) is 16.8. The molecule has 1 atom stereocenters. The molecule has 1 aromatic carbocycles. The number of carbonyl (C=O) groups is 2. The first-order chi connectivity index (χ1) is 11.0. The summed E-state index contributed by atoms with van der Waals surface area (Å²) in [7, 11) is 0. The number of carbonyl (C=O) groups excluding carboxylic acids is 2. The number of rotatable bonds is 6. The molecule has 0 aliphatic heterocycles. The second-order valence-corrected chi connectivity index (χ2v) is 5.49. The number of benzene rings is 1. The second-order valence-electron chi connectivity index (χ2n) is 5.49. The maximum absolute atomic E-state index is 12.0. The molecule has 23 heavy (non-hydrogen) atoms. The monoisotopic (exact) mass is 315 g/mol. The molecule has 0 fully saturated rings. The van der Waals surface area contributed by atoms with E-state index in [0.29, 0.717) is 17.9 Å². The van der Waals surface area contributed by atoms with Crippen LogP contribution in [0.3, 0.4) is 0 Å². The standard InChI is InChI=1S/C17H21N3O3/c1-4-11(2)19-16(21)14-7-5-13(6-8-14)10-18-17(22)15-9-12(3)23-20-15/h5-9,11H,4,10H2,1-3H3,(H,18,22)(H,19,21)/t11-/m0/s1. The molecule has 0 unspecified atom stereocenters. The number of nitrogens with one attached hydrogen (secondary N) is 2. The predicted molar refractivity (Wildman–Crippen MR) is 86.1 cm³/mol. The van der Waals surface area contributed by atoms with Crippen molar-refractivity contribution >= 4 is 11.8 Å². The molecule has 0 radical (unpaired) electrons. The third-order valence-electron chi connectivity index (χ3n) is 3.52. The van der Waals surface area contributed by atoms with Gasteiger partial charge >= 0.3 is 0 Å². The van der Waals surface area contributed by atoms with Crippen LogP contribution < -0.4 is 10.6 Å². The molecule has 0 spiro atoms. The Kier molecular flexibility index (Phi) is 5.51. The minimum absolute atomic E-state index is 0.0898. The van der Waals surface area contributed by atoms with E-state index >= 15 is 0 Å². The van der Waals surface area contributed by atoms with Crippen molar-refractivity contribution in [3.63, 3.8) is 0 Å². The molecule has 0 bridgehead atoms. The molecule has 2 aromatic rings. The number of amides is 2. The van der Waals surface area contributed by atoms with Crippen LogP contribution >= 0.6 is 0 Å². The van der Waals surface area contributed by atoms with E-state index in [1.54, 1.807) is 25.1 Å². The normalized spacial score (nSPS) is 11.8. The minimum atomic E-state index is -0.291. The van der Waals surface area contributed by atoms with Crippen LogP contribution in [0.2, 0.25) is 0 Å². The fourth-order valence-corrected chi connectivity index (χ4v) is 1.93. The van der Waals surface area contributed by atoms with Crippen LogP contribution in [-0.4, -0.2) is 23.0 Å². The van der Waals surface area contributed by atoms with Crippen LogP contribution in [0.25, 0.3) is 0 Å². The van der Waals surface area contributed by atoms with E-state index in [4.69, 9.17) is 4.52 Å². The van der Waals surface area contributed by atoms with Gasteiger partial charge in [-0.05, 0) is 38.0 Å². The Morgan fingerprint density at radius 1 is 1.22 bits per heavy atom. The average molecular weight is 315 g/mol. The number of aromatic nitrogens is 1. The Morgan fingerprint density at radius 2 is 1.91 bits per heavy atom. The summed E-state index contributed by atoms with van der Waals surface area (Å²) in [6.07, 6.45) is 0.886. The number of nitrogens with zero attached hydrogens (tertiary/aromatic N) is 1.